The number of fused-ring (bicyclic) bond motifs is 4. The van der Waals surface area contributed by atoms with Gasteiger partial charge in [-0.15, -0.1) is 0 Å². The zero-order valence-electron chi connectivity index (χ0n) is 41.3. The Morgan fingerprint density at radius 3 is 1.36 bits per heavy atom. The third kappa shape index (κ3) is 11.3. The fourth-order valence-corrected chi connectivity index (χ4v) is 14.0. The molecule has 12 rings (SSSR count). The maximum Gasteiger partial charge on any atom is 0.250 e. The van der Waals surface area contributed by atoms with E-state index in [4.69, 9.17) is 9.47 Å². The van der Waals surface area contributed by atoms with Gasteiger partial charge in [-0.25, -0.2) is 19.9 Å². The van der Waals surface area contributed by atoms with Crippen LogP contribution in [-0.2, 0) is 9.47 Å². The molecule has 0 spiro atoms. The number of nitrogens with one attached hydrogen (secondary N) is 4. The number of hydrogen-bond acceptors (Lipinski definition) is 16. The van der Waals surface area contributed by atoms with Gasteiger partial charge in [-0.2, -0.15) is 0 Å². The second-order valence-corrected chi connectivity index (χ2v) is 22.5. The minimum Gasteiger partial charge on any atom is -0.378 e. The second kappa shape index (κ2) is 22.1. The third-order valence-corrected chi connectivity index (χ3v) is 18.1. The Bertz CT molecular complexity index is 3260. The van der Waals surface area contributed by atoms with Crippen LogP contribution in [0, 0.1) is 13.8 Å². The van der Waals surface area contributed by atoms with Crippen LogP contribution >= 0.6 is 47.0 Å². The summed E-state index contributed by atoms with van der Waals surface area (Å²) in [5.74, 6) is 1.56. The number of morpholine rings is 2. The summed E-state index contributed by atoms with van der Waals surface area (Å²) in [5, 5.41) is 7.08. The third-order valence-electron chi connectivity index (χ3n) is 12.9. The highest BCUT2D eigenvalue weighted by molar-refractivity contribution is 8.05. The topological polar surface area (TPSA) is 166 Å². The molecule has 4 aliphatic heterocycles. The molecule has 0 saturated carbocycles. The van der Waals surface area contributed by atoms with E-state index in [0.29, 0.717) is 26.4 Å². The fourth-order valence-electron chi connectivity index (χ4n) is 9.15. The van der Waals surface area contributed by atoms with Crippen LogP contribution in [0.4, 0.5) is 22.7 Å². The predicted molar refractivity (Wildman–Crippen MR) is 298 cm³/mol. The number of aromatic nitrogens is 6. The number of ether oxygens (including phenoxy) is 2. The van der Waals surface area contributed by atoms with E-state index >= 15 is 0 Å². The summed E-state index contributed by atoms with van der Waals surface area (Å²) in [5.41, 5.74) is 9.45. The minimum atomic E-state index is -0.0899. The van der Waals surface area contributed by atoms with Crippen molar-refractivity contribution in [2.45, 2.75) is 78.9 Å². The summed E-state index contributed by atoms with van der Waals surface area (Å²) in [6.45, 7) is 14.0. The monoisotopic (exact) mass is 1060 g/mol. The summed E-state index contributed by atoms with van der Waals surface area (Å²) in [6.07, 6.45) is 3.60. The van der Waals surface area contributed by atoms with E-state index < -0.39 is 0 Å². The molecule has 14 nitrogen and oxygen atoms in total. The zero-order valence-corrected chi connectivity index (χ0v) is 44.6. The average Bonchev–Trinajstić information content (AvgIpc) is 3.42. The van der Waals surface area contributed by atoms with Gasteiger partial charge in [0.05, 0.1) is 49.9 Å². The van der Waals surface area contributed by atoms with Crippen LogP contribution in [0.15, 0.2) is 170 Å². The molecule has 2 atom stereocenters. The molecule has 18 heteroatoms. The van der Waals surface area contributed by atoms with E-state index in [1.54, 1.807) is 71.6 Å². The molecular weight excluding hydrogens is 1000 g/mol. The number of nitrogens with zero attached hydrogens (tertiary/aromatic N) is 6. The SMILES string of the molecule is Cc1ccnc(C(C)Nc2ccc3c(c2)Sc2cccc(-c4cc(N5CCOCC5)cc(=O)[nH]4)c2S3)n1.Cc1ccnc(C(C)Nc2ccc3c(c2)Sc2cccc(-c4cc(N5CCOCC5)cc(=O)[nH]4)c2S3)n1. The number of benzene rings is 4. The number of anilines is 4. The van der Waals surface area contributed by atoms with Crippen LogP contribution in [-0.4, -0.2) is 82.5 Å². The molecule has 0 aliphatic carbocycles. The largest absolute Gasteiger partial charge is 0.378 e. The maximum atomic E-state index is 12.6. The molecule has 0 amide bonds. The summed E-state index contributed by atoms with van der Waals surface area (Å²) >= 11 is 7.01. The van der Waals surface area contributed by atoms with Crippen molar-refractivity contribution >= 4 is 69.8 Å². The van der Waals surface area contributed by atoms with Gasteiger partial charge in [0.15, 0.2) is 0 Å². The smallest absolute Gasteiger partial charge is 0.250 e. The van der Waals surface area contributed by atoms with Crippen molar-refractivity contribution in [1.82, 2.24) is 29.9 Å². The van der Waals surface area contributed by atoms with Crippen molar-refractivity contribution in [1.29, 1.82) is 0 Å². The summed E-state index contributed by atoms with van der Waals surface area (Å²) in [7, 11) is 0. The Morgan fingerprint density at radius 1 is 0.514 bits per heavy atom. The normalized spacial score (nSPS) is 15.6. The van der Waals surface area contributed by atoms with Gasteiger partial charge in [-0.05, 0) is 100 Å². The molecule has 4 aliphatic rings. The van der Waals surface area contributed by atoms with Crippen molar-refractivity contribution < 1.29 is 9.47 Å². The Balaban J connectivity index is 0.000000159. The number of rotatable bonds is 10. The van der Waals surface area contributed by atoms with E-state index in [1.165, 1.54) is 29.4 Å². The van der Waals surface area contributed by atoms with E-state index in [2.05, 4.69) is 149 Å². The Hall–Kier alpha value is -6.54. The first kappa shape index (κ1) is 49.7. The number of aryl methyl sites for hydroxylation is 2. The van der Waals surface area contributed by atoms with Crippen LogP contribution in [0.2, 0.25) is 0 Å². The predicted octanol–water partition coefficient (Wildman–Crippen LogP) is 11.5. The maximum absolute atomic E-state index is 12.6. The molecule has 4 aromatic carbocycles. The van der Waals surface area contributed by atoms with Crippen molar-refractivity contribution in [3.63, 3.8) is 0 Å². The molecule has 4 aromatic heterocycles. The Labute approximate surface area is 446 Å². The molecule has 2 fully saturated rings. The number of H-pyrrole nitrogens is 2. The summed E-state index contributed by atoms with van der Waals surface area (Å²) < 4.78 is 11.0. The molecule has 8 aromatic rings. The lowest BCUT2D eigenvalue weighted by Gasteiger charge is -2.29. The molecule has 8 heterocycles. The van der Waals surface area contributed by atoms with Crippen molar-refractivity contribution in [3.05, 3.63) is 165 Å². The lowest BCUT2D eigenvalue weighted by atomic mass is 10.1. The lowest BCUT2D eigenvalue weighted by molar-refractivity contribution is 0.122. The van der Waals surface area contributed by atoms with Crippen LogP contribution in [0.5, 0.6) is 0 Å². The standard InChI is InChI=1S/2C28H27N5O2S2/c2*1-17-8-9-29-28(30-17)18(2)31-19-6-7-23-25(14-19)36-24-5-3-4-21(27(24)37-23)22-15-20(16-26(34)32-22)33-10-12-35-13-11-33/h2*3-9,14-16,18,31H,10-13H2,1-2H3,(H,32,34). The van der Waals surface area contributed by atoms with Crippen LogP contribution in [0.1, 0.15) is 49.0 Å². The first-order chi connectivity index (χ1) is 36.1. The Morgan fingerprint density at radius 2 is 0.946 bits per heavy atom. The molecular formula is C56H54N10O4S4. The van der Waals surface area contributed by atoms with Gasteiger partial charge < -0.3 is 39.9 Å². The van der Waals surface area contributed by atoms with E-state index in [0.717, 1.165) is 104 Å². The van der Waals surface area contributed by atoms with Gasteiger partial charge in [0.1, 0.15) is 11.6 Å². The van der Waals surface area contributed by atoms with Crippen LogP contribution in [0.3, 0.4) is 0 Å². The average molecular weight is 1060 g/mol. The highest BCUT2D eigenvalue weighted by atomic mass is 32.2. The second-order valence-electron chi connectivity index (χ2n) is 18.3. The number of hydrogen-bond donors (Lipinski definition) is 4. The van der Waals surface area contributed by atoms with Gasteiger partial charge >= 0.3 is 0 Å². The van der Waals surface area contributed by atoms with Crippen molar-refractivity contribution in [2.24, 2.45) is 0 Å². The van der Waals surface area contributed by atoms with Gasteiger partial charge in [0.2, 0.25) is 11.1 Å². The zero-order chi connectivity index (χ0) is 50.7. The van der Waals surface area contributed by atoms with E-state index in [-0.39, 0.29) is 23.2 Å². The van der Waals surface area contributed by atoms with Gasteiger partial charge in [-0.3, -0.25) is 9.59 Å². The first-order valence-electron chi connectivity index (χ1n) is 24.6. The molecule has 2 saturated heterocycles. The van der Waals surface area contributed by atoms with Gasteiger partial charge in [0, 0.05) is 135 Å². The number of pyridine rings is 2. The van der Waals surface area contributed by atoms with Crippen molar-refractivity contribution in [3.8, 4) is 22.5 Å². The quantitative estimate of drug-likeness (QED) is 0.102. The molecule has 376 valence electrons. The fraction of sp³-hybridized carbons (Fsp3) is 0.250. The van der Waals surface area contributed by atoms with E-state index in [1.807, 2.05) is 26.0 Å². The molecule has 4 N–H and O–H groups in total. The molecule has 0 bridgehead atoms. The highest BCUT2D eigenvalue weighted by Crippen LogP contribution is 2.54. The van der Waals surface area contributed by atoms with Crippen LogP contribution < -0.4 is 31.6 Å². The molecule has 74 heavy (non-hydrogen) atoms. The highest BCUT2D eigenvalue weighted by Gasteiger charge is 2.25. The molecule has 2 unspecified atom stereocenters. The lowest BCUT2D eigenvalue weighted by Crippen LogP contribution is -2.36. The minimum absolute atomic E-state index is 0.00588. The first-order valence-corrected chi connectivity index (χ1v) is 27.9. The van der Waals surface area contributed by atoms with Gasteiger partial charge in [0.25, 0.3) is 0 Å². The Kier molecular flexibility index (Phi) is 14.8. The number of aromatic amines is 2. The summed E-state index contributed by atoms with van der Waals surface area (Å²) in [4.78, 5) is 63.2. The van der Waals surface area contributed by atoms with Gasteiger partial charge in [-0.1, -0.05) is 71.3 Å². The van der Waals surface area contributed by atoms with E-state index in [9.17, 15) is 9.59 Å². The molecule has 0 radical (unpaired) electrons. The summed E-state index contributed by atoms with van der Waals surface area (Å²) in [6, 6.07) is 36.8. The van der Waals surface area contributed by atoms with Crippen LogP contribution in [0.25, 0.3) is 22.5 Å². The van der Waals surface area contributed by atoms with Crippen molar-refractivity contribution in [2.75, 3.05) is 73.0 Å².